The second-order valence-corrected chi connectivity index (χ2v) is 5.97. The molecule has 0 aliphatic rings. The molecule has 0 radical (unpaired) electrons. The number of nitrogens with one attached hydrogen (secondary N) is 2. The SMILES string of the molecule is CCCCOCCCNC(=O)c1ccc(NC(=O)c2ccccc2)cc1. The molecule has 26 heavy (non-hydrogen) atoms. The highest BCUT2D eigenvalue weighted by Crippen LogP contribution is 2.11. The van der Waals surface area contributed by atoms with Crippen molar-refractivity contribution in [3.63, 3.8) is 0 Å². The summed E-state index contributed by atoms with van der Waals surface area (Å²) in [5.41, 5.74) is 1.81. The lowest BCUT2D eigenvalue weighted by atomic mass is 10.1. The van der Waals surface area contributed by atoms with Gasteiger partial charge in [0.25, 0.3) is 11.8 Å². The quantitative estimate of drug-likeness (QED) is 0.636. The zero-order valence-corrected chi connectivity index (χ0v) is 15.2. The number of unbranched alkanes of at least 4 members (excludes halogenated alkanes) is 1. The van der Waals surface area contributed by atoms with E-state index in [0.717, 1.165) is 25.9 Å². The molecule has 0 fully saturated rings. The Bertz CT molecular complexity index is 684. The molecular formula is C21H26N2O3. The minimum Gasteiger partial charge on any atom is -0.381 e. The van der Waals surface area contributed by atoms with Gasteiger partial charge in [-0.15, -0.1) is 0 Å². The Hall–Kier alpha value is -2.66. The summed E-state index contributed by atoms with van der Waals surface area (Å²) in [5, 5.41) is 5.68. The average Bonchev–Trinajstić information content (AvgIpc) is 2.68. The maximum atomic E-state index is 12.1. The molecule has 0 aliphatic heterocycles. The highest BCUT2D eigenvalue weighted by molar-refractivity contribution is 6.04. The van der Waals surface area contributed by atoms with E-state index in [9.17, 15) is 9.59 Å². The maximum Gasteiger partial charge on any atom is 0.255 e. The van der Waals surface area contributed by atoms with Gasteiger partial charge in [-0.3, -0.25) is 9.59 Å². The van der Waals surface area contributed by atoms with Crippen LogP contribution < -0.4 is 10.6 Å². The van der Waals surface area contributed by atoms with Crippen molar-refractivity contribution in [1.82, 2.24) is 5.32 Å². The monoisotopic (exact) mass is 354 g/mol. The Morgan fingerprint density at radius 2 is 1.50 bits per heavy atom. The number of hydrogen-bond donors (Lipinski definition) is 2. The molecule has 2 amide bonds. The van der Waals surface area contributed by atoms with Crippen molar-refractivity contribution in [2.45, 2.75) is 26.2 Å². The third-order valence-electron chi connectivity index (χ3n) is 3.83. The molecule has 138 valence electrons. The van der Waals surface area contributed by atoms with Crippen molar-refractivity contribution in [1.29, 1.82) is 0 Å². The van der Waals surface area contributed by atoms with Crippen LogP contribution in [0.2, 0.25) is 0 Å². The Morgan fingerprint density at radius 3 is 2.19 bits per heavy atom. The molecule has 2 rings (SSSR count). The molecule has 0 aromatic heterocycles. The summed E-state index contributed by atoms with van der Waals surface area (Å²) < 4.78 is 5.46. The van der Waals surface area contributed by atoms with Gasteiger partial charge >= 0.3 is 0 Å². The van der Waals surface area contributed by atoms with Crippen LogP contribution >= 0.6 is 0 Å². The third-order valence-corrected chi connectivity index (χ3v) is 3.83. The molecule has 0 bridgehead atoms. The number of rotatable bonds is 10. The summed E-state index contributed by atoms with van der Waals surface area (Å²) in [7, 11) is 0. The number of carbonyl (C=O) groups excluding carboxylic acids is 2. The van der Waals surface area contributed by atoms with E-state index in [1.165, 1.54) is 0 Å². The Balaban J connectivity index is 1.74. The standard InChI is InChI=1S/C21H26N2O3/c1-2-3-15-26-16-7-14-22-20(24)18-10-12-19(13-11-18)23-21(25)17-8-5-4-6-9-17/h4-6,8-13H,2-3,7,14-16H2,1H3,(H,22,24)(H,23,25). The van der Waals surface area contributed by atoms with E-state index in [-0.39, 0.29) is 11.8 Å². The predicted molar refractivity (Wildman–Crippen MR) is 104 cm³/mol. The topological polar surface area (TPSA) is 67.4 Å². The molecule has 2 aromatic rings. The van der Waals surface area contributed by atoms with Gasteiger partial charge in [0.15, 0.2) is 0 Å². The third kappa shape index (κ3) is 6.69. The minimum atomic E-state index is -0.175. The second kappa shape index (κ2) is 11.1. The molecule has 0 spiro atoms. The van der Waals surface area contributed by atoms with Crippen molar-refractivity contribution < 1.29 is 14.3 Å². The van der Waals surface area contributed by atoms with Gasteiger partial charge in [-0.2, -0.15) is 0 Å². The van der Waals surface area contributed by atoms with Crippen molar-refractivity contribution in [2.24, 2.45) is 0 Å². The lowest BCUT2D eigenvalue weighted by molar-refractivity contribution is 0.0940. The lowest BCUT2D eigenvalue weighted by Gasteiger charge is -2.08. The van der Waals surface area contributed by atoms with Gasteiger partial charge < -0.3 is 15.4 Å². The van der Waals surface area contributed by atoms with Gasteiger partial charge in [0.1, 0.15) is 0 Å². The van der Waals surface area contributed by atoms with Crippen LogP contribution in [-0.4, -0.2) is 31.6 Å². The molecule has 0 atom stereocenters. The number of carbonyl (C=O) groups is 2. The highest BCUT2D eigenvalue weighted by atomic mass is 16.5. The number of hydrogen-bond acceptors (Lipinski definition) is 3. The summed E-state index contributed by atoms with van der Waals surface area (Å²) in [6.45, 7) is 4.14. The molecule has 2 N–H and O–H groups in total. The Kier molecular flexibility index (Phi) is 8.36. The van der Waals surface area contributed by atoms with Crippen LogP contribution in [0.1, 0.15) is 46.9 Å². The van der Waals surface area contributed by atoms with Gasteiger partial charge in [-0.1, -0.05) is 31.5 Å². The molecule has 0 saturated heterocycles. The molecular weight excluding hydrogens is 328 g/mol. The summed E-state index contributed by atoms with van der Waals surface area (Å²) in [6.07, 6.45) is 2.98. The molecule has 0 aliphatic carbocycles. The van der Waals surface area contributed by atoms with E-state index in [1.54, 1.807) is 36.4 Å². The second-order valence-electron chi connectivity index (χ2n) is 5.97. The van der Waals surface area contributed by atoms with Gasteiger partial charge in [0.2, 0.25) is 0 Å². The zero-order chi connectivity index (χ0) is 18.6. The molecule has 5 nitrogen and oxygen atoms in total. The highest BCUT2D eigenvalue weighted by Gasteiger charge is 2.07. The first kappa shape index (κ1) is 19.7. The first-order valence-electron chi connectivity index (χ1n) is 9.03. The number of anilines is 1. The molecule has 2 aromatic carbocycles. The van der Waals surface area contributed by atoms with Gasteiger partial charge in [0.05, 0.1) is 0 Å². The summed E-state index contributed by atoms with van der Waals surface area (Å²) >= 11 is 0. The van der Waals surface area contributed by atoms with E-state index in [2.05, 4.69) is 17.6 Å². The van der Waals surface area contributed by atoms with Crippen LogP contribution in [-0.2, 0) is 4.74 Å². The van der Waals surface area contributed by atoms with Crippen LogP contribution in [0.4, 0.5) is 5.69 Å². The fourth-order valence-electron chi connectivity index (χ4n) is 2.32. The van der Waals surface area contributed by atoms with E-state index in [1.807, 2.05) is 18.2 Å². The fraction of sp³-hybridized carbons (Fsp3) is 0.333. The first-order chi connectivity index (χ1) is 12.7. The molecule has 0 unspecified atom stereocenters. The van der Waals surface area contributed by atoms with Gasteiger partial charge in [0, 0.05) is 36.6 Å². The number of ether oxygens (including phenoxy) is 1. The molecule has 0 saturated carbocycles. The lowest BCUT2D eigenvalue weighted by Crippen LogP contribution is -2.25. The summed E-state index contributed by atoms with van der Waals surface area (Å²) in [4.78, 5) is 24.2. The van der Waals surface area contributed by atoms with Crippen LogP contribution in [0.3, 0.4) is 0 Å². The van der Waals surface area contributed by atoms with Crippen LogP contribution in [0.25, 0.3) is 0 Å². The van der Waals surface area contributed by atoms with Gasteiger partial charge in [-0.05, 0) is 49.2 Å². The summed E-state index contributed by atoms with van der Waals surface area (Å²) in [5.74, 6) is -0.301. The van der Waals surface area contributed by atoms with Crippen LogP contribution in [0.5, 0.6) is 0 Å². The fourth-order valence-corrected chi connectivity index (χ4v) is 2.32. The maximum absolute atomic E-state index is 12.1. The predicted octanol–water partition coefficient (Wildman–Crippen LogP) is 3.88. The van der Waals surface area contributed by atoms with Crippen molar-refractivity contribution >= 4 is 17.5 Å². The van der Waals surface area contributed by atoms with E-state index >= 15 is 0 Å². The van der Waals surface area contributed by atoms with Crippen molar-refractivity contribution in [3.05, 3.63) is 65.7 Å². The van der Waals surface area contributed by atoms with E-state index in [0.29, 0.717) is 30.0 Å². The van der Waals surface area contributed by atoms with Crippen molar-refractivity contribution in [2.75, 3.05) is 25.1 Å². The number of benzene rings is 2. The van der Waals surface area contributed by atoms with Crippen molar-refractivity contribution in [3.8, 4) is 0 Å². The van der Waals surface area contributed by atoms with E-state index in [4.69, 9.17) is 4.74 Å². The Labute approximate surface area is 154 Å². The summed E-state index contributed by atoms with van der Waals surface area (Å²) in [6, 6.07) is 15.9. The minimum absolute atomic E-state index is 0.125. The average molecular weight is 354 g/mol. The normalized spacial score (nSPS) is 10.3. The largest absolute Gasteiger partial charge is 0.381 e. The van der Waals surface area contributed by atoms with Crippen LogP contribution in [0, 0.1) is 0 Å². The molecule has 5 heteroatoms. The smallest absolute Gasteiger partial charge is 0.255 e. The van der Waals surface area contributed by atoms with Crippen LogP contribution in [0.15, 0.2) is 54.6 Å². The van der Waals surface area contributed by atoms with Gasteiger partial charge in [-0.25, -0.2) is 0 Å². The zero-order valence-electron chi connectivity index (χ0n) is 15.2. The van der Waals surface area contributed by atoms with E-state index < -0.39 is 0 Å². The molecule has 0 heterocycles. The first-order valence-corrected chi connectivity index (χ1v) is 9.03. The Morgan fingerprint density at radius 1 is 0.846 bits per heavy atom. The number of amides is 2.